The number of amides is 1. The maximum Gasteiger partial charge on any atom is 0.335 e. The van der Waals surface area contributed by atoms with Gasteiger partial charge in [-0.15, -0.1) is 0 Å². The van der Waals surface area contributed by atoms with Crippen molar-refractivity contribution in [1.29, 1.82) is 0 Å². The summed E-state index contributed by atoms with van der Waals surface area (Å²) in [4.78, 5) is 25.2. The molecule has 3 rings (SSSR count). The molecule has 0 aliphatic carbocycles. The molecule has 0 radical (unpaired) electrons. The van der Waals surface area contributed by atoms with Crippen molar-refractivity contribution in [2.45, 2.75) is 38.1 Å². The van der Waals surface area contributed by atoms with Crippen LogP contribution in [0.2, 0.25) is 0 Å². The number of fused-ring (bicyclic) bond motifs is 1. The van der Waals surface area contributed by atoms with Crippen LogP contribution in [0.5, 0.6) is 0 Å². The SMILES string of the molecule is O=C1CC(N2CCCc3cc(C(=O)O)ccc32)CCCN1. The molecule has 0 bridgehead atoms. The molecule has 1 aromatic carbocycles. The molecule has 1 unspecified atom stereocenters. The van der Waals surface area contributed by atoms with E-state index in [9.17, 15) is 9.59 Å². The molecule has 1 fully saturated rings. The van der Waals surface area contributed by atoms with Crippen LogP contribution in [0.3, 0.4) is 0 Å². The lowest BCUT2D eigenvalue weighted by Crippen LogP contribution is -2.40. The summed E-state index contributed by atoms with van der Waals surface area (Å²) in [6.45, 7) is 1.70. The van der Waals surface area contributed by atoms with Gasteiger partial charge in [-0.2, -0.15) is 0 Å². The van der Waals surface area contributed by atoms with Gasteiger partial charge in [0, 0.05) is 31.2 Å². The fraction of sp³-hybridized carbons (Fsp3) is 0.500. The molecule has 1 aromatic rings. The highest BCUT2D eigenvalue weighted by Gasteiger charge is 2.27. The third kappa shape index (κ3) is 2.86. The number of hydrogen-bond donors (Lipinski definition) is 2. The Balaban J connectivity index is 1.89. The first-order valence-corrected chi connectivity index (χ1v) is 7.55. The monoisotopic (exact) mass is 288 g/mol. The maximum absolute atomic E-state index is 11.8. The normalized spacial score (nSPS) is 22.2. The number of carbonyl (C=O) groups is 2. The molecule has 5 nitrogen and oxygen atoms in total. The van der Waals surface area contributed by atoms with Crippen LogP contribution in [0.15, 0.2) is 18.2 Å². The van der Waals surface area contributed by atoms with Gasteiger partial charge in [-0.1, -0.05) is 0 Å². The zero-order valence-corrected chi connectivity index (χ0v) is 12.0. The highest BCUT2D eigenvalue weighted by Crippen LogP contribution is 2.32. The lowest BCUT2D eigenvalue weighted by molar-refractivity contribution is -0.121. The molecule has 21 heavy (non-hydrogen) atoms. The van der Waals surface area contributed by atoms with Gasteiger partial charge in [0.1, 0.15) is 0 Å². The van der Waals surface area contributed by atoms with E-state index >= 15 is 0 Å². The van der Waals surface area contributed by atoms with E-state index in [0.717, 1.165) is 50.0 Å². The first kappa shape index (κ1) is 13.9. The lowest BCUT2D eigenvalue weighted by atomic mass is 9.95. The standard InChI is InChI=1S/C16H20N2O3/c19-15-10-13(4-1-7-17-15)18-8-2-3-11-9-12(16(20)21)5-6-14(11)18/h5-6,9,13H,1-4,7-8,10H2,(H,17,19)(H,20,21). The van der Waals surface area contributed by atoms with Crippen LogP contribution < -0.4 is 10.2 Å². The van der Waals surface area contributed by atoms with Crippen LogP contribution in [-0.2, 0) is 11.2 Å². The molecule has 0 spiro atoms. The second-order valence-electron chi connectivity index (χ2n) is 5.80. The summed E-state index contributed by atoms with van der Waals surface area (Å²) in [6, 6.07) is 5.57. The van der Waals surface area contributed by atoms with Crippen molar-refractivity contribution < 1.29 is 14.7 Å². The number of carboxylic acid groups (broad SMARTS) is 1. The fourth-order valence-electron chi connectivity index (χ4n) is 3.36. The molecule has 1 amide bonds. The van der Waals surface area contributed by atoms with Crippen molar-refractivity contribution in [3.63, 3.8) is 0 Å². The van der Waals surface area contributed by atoms with Crippen LogP contribution in [-0.4, -0.2) is 36.1 Å². The smallest absolute Gasteiger partial charge is 0.335 e. The van der Waals surface area contributed by atoms with E-state index in [2.05, 4.69) is 10.2 Å². The number of benzene rings is 1. The summed E-state index contributed by atoms with van der Waals surface area (Å²) >= 11 is 0. The zero-order chi connectivity index (χ0) is 14.8. The summed E-state index contributed by atoms with van der Waals surface area (Å²) in [5.41, 5.74) is 2.53. The van der Waals surface area contributed by atoms with Gasteiger partial charge >= 0.3 is 5.97 Å². The Morgan fingerprint density at radius 2 is 2.19 bits per heavy atom. The summed E-state index contributed by atoms with van der Waals surface area (Å²) in [7, 11) is 0. The molecule has 2 aliphatic heterocycles. The number of anilines is 1. The Morgan fingerprint density at radius 1 is 1.33 bits per heavy atom. The van der Waals surface area contributed by atoms with E-state index in [1.165, 1.54) is 0 Å². The Morgan fingerprint density at radius 3 is 3.00 bits per heavy atom. The molecule has 5 heteroatoms. The van der Waals surface area contributed by atoms with Crippen molar-refractivity contribution in [3.8, 4) is 0 Å². The fourth-order valence-corrected chi connectivity index (χ4v) is 3.36. The number of carbonyl (C=O) groups excluding carboxylic acids is 1. The molecule has 2 aliphatic rings. The largest absolute Gasteiger partial charge is 0.478 e. The van der Waals surface area contributed by atoms with E-state index in [0.29, 0.717) is 12.0 Å². The second-order valence-corrected chi connectivity index (χ2v) is 5.80. The first-order chi connectivity index (χ1) is 10.1. The topological polar surface area (TPSA) is 69.6 Å². The number of nitrogens with zero attached hydrogens (tertiary/aromatic N) is 1. The van der Waals surface area contributed by atoms with Crippen LogP contribution in [0.25, 0.3) is 0 Å². The summed E-state index contributed by atoms with van der Waals surface area (Å²) < 4.78 is 0. The van der Waals surface area contributed by atoms with Crippen LogP contribution >= 0.6 is 0 Å². The quantitative estimate of drug-likeness (QED) is 0.870. The van der Waals surface area contributed by atoms with Crippen molar-refractivity contribution in [1.82, 2.24) is 5.32 Å². The third-order valence-electron chi connectivity index (χ3n) is 4.38. The van der Waals surface area contributed by atoms with Gasteiger partial charge in [0.15, 0.2) is 0 Å². The Kier molecular flexibility index (Phi) is 3.82. The maximum atomic E-state index is 11.8. The molecule has 112 valence electrons. The predicted molar refractivity (Wildman–Crippen MR) is 79.7 cm³/mol. The van der Waals surface area contributed by atoms with Gasteiger partial charge in [0.2, 0.25) is 5.91 Å². The van der Waals surface area contributed by atoms with E-state index < -0.39 is 5.97 Å². The minimum Gasteiger partial charge on any atom is -0.478 e. The Hall–Kier alpha value is -2.04. The van der Waals surface area contributed by atoms with Gasteiger partial charge in [-0.3, -0.25) is 4.79 Å². The van der Waals surface area contributed by atoms with Crippen LogP contribution in [0.4, 0.5) is 5.69 Å². The number of aryl methyl sites for hydroxylation is 1. The Bertz CT molecular complexity index is 571. The number of carboxylic acids is 1. The van der Waals surface area contributed by atoms with E-state index in [4.69, 9.17) is 5.11 Å². The molecule has 0 aromatic heterocycles. The lowest BCUT2D eigenvalue weighted by Gasteiger charge is -2.37. The molecule has 1 atom stereocenters. The average Bonchev–Trinajstić information content (AvgIpc) is 2.70. The number of rotatable bonds is 2. The molecule has 2 N–H and O–H groups in total. The zero-order valence-electron chi connectivity index (χ0n) is 12.0. The summed E-state index contributed by atoms with van der Waals surface area (Å²) in [6.07, 6.45) is 4.44. The van der Waals surface area contributed by atoms with Gasteiger partial charge < -0.3 is 15.3 Å². The number of aromatic carboxylic acids is 1. The first-order valence-electron chi connectivity index (χ1n) is 7.55. The van der Waals surface area contributed by atoms with Gasteiger partial charge in [-0.05, 0) is 49.4 Å². The van der Waals surface area contributed by atoms with Gasteiger partial charge in [0.05, 0.1) is 5.56 Å². The van der Waals surface area contributed by atoms with Crippen molar-refractivity contribution >= 4 is 17.6 Å². The van der Waals surface area contributed by atoms with Gasteiger partial charge in [0.25, 0.3) is 0 Å². The van der Waals surface area contributed by atoms with Crippen molar-refractivity contribution in [3.05, 3.63) is 29.3 Å². The second kappa shape index (κ2) is 5.76. The number of hydrogen-bond acceptors (Lipinski definition) is 3. The minimum absolute atomic E-state index is 0.117. The predicted octanol–water partition coefficient (Wildman–Crippen LogP) is 1.81. The third-order valence-corrected chi connectivity index (χ3v) is 4.38. The van der Waals surface area contributed by atoms with E-state index in [1.54, 1.807) is 12.1 Å². The van der Waals surface area contributed by atoms with Crippen molar-refractivity contribution in [2.24, 2.45) is 0 Å². The van der Waals surface area contributed by atoms with E-state index in [-0.39, 0.29) is 11.9 Å². The molecular formula is C16H20N2O3. The molecule has 0 saturated carbocycles. The van der Waals surface area contributed by atoms with Crippen LogP contribution in [0, 0.1) is 0 Å². The number of nitrogens with one attached hydrogen (secondary N) is 1. The van der Waals surface area contributed by atoms with Gasteiger partial charge in [-0.25, -0.2) is 4.79 Å². The highest BCUT2D eigenvalue weighted by atomic mass is 16.4. The van der Waals surface area contributed by atoms with Crippen LogP contribution in [0.1, 0.15) is 41.6 Å². The summed E-state index contributed by atoms with van der Waals surface area (Å²) in [5, 5.41) is 12.0. The van der Waals surface area contributed by atoms with E-state index in [1.807, 2.05) is 6.07 Å². The molecule has 1 saturated heterocycles. The highest BCUT2D eigenvalue weighted by molar-refractivity contribution is 5.88. The molecular weight excluding hydrogens is 268 g/mol. The Labute approximate surface area is 123 Å². The minimum atomic E-state index is -0.885. The average molecular weight is 288 g/mol. The summed E-state index contributed by atoms with van der Waals surface area (Å²) in [5.74, 6) is -0.768. The molecule has 2 heterocycles. The van der Waals surface area contributed by atoms with Crippen molar-refractivity contribution in [2.75, 3.05) is 18.0 Å².